The highest BCUT2D eigenvalue weighted by Crippen LogP contribution is 2.18. The molecule has 2 heterocycles. The third kappa shape index (κ3) is 3.60. The van der Waals surface area contributed by atoms with Crippen molar-refractivity contribution in [2.24, 2.45) is 0 Å². The number of rotatable bonds is 4. The van der Waals surface area contributed by atoms with Crippen LogP contribution in [0.1, 0.15) is 55.5 Å². The zero-order valence-corrected chi connectivity index (χ0v) is 12.1. The lowest BCUT2D eigenvalue weighted by Crippen LogP contribution is -2.06. The van der Waals surface area contributed by atoms with E-state index in [1.807, 2.05) is 25.3 Å². The van der Waals surface area contributed by atoms with E-state index in [0.717, 1.165) is 29.3 Å². The second-order valence-corrected chi connectivity index (χ2v) is 5.37. The summed E-state index contributed by atoms with van der Waals surface area (Å²) >= 11 is 0. The lowest BCUT2D eigenvalue weighted by molar-refractivity contribution is 0.689. The van der Waals surface area contributed by atoms with E-state index in [1.54, 1.807) is 0 Å². The fourth-order valence-electron chi connectivity index (χ4n) is 2.06. The first kappa shape index (κ1) is 13.7. The van der Waals surface area contributed by atoms with Gasteiger partial charge >= 0.3 is 0 Å². The first-order valence-electron chi connectivity index (χ1n) is 6.81. The second kappa shape index (κ2) is 5.91. The van der Waals surface area contributed by atoms with Crippen LogP contribution >= 0.6 is 0 Å². The van der Waals surface area contributed by atoms with E-state index in [1.165, 1.54) is 0 Å². The fourth-order valence-corrected chi connectivity index (χ4v) is 2.06. The van der Waals surface area contributed by atoms with Gasteiger partial charge in [0.05, 0.1) is 0 Å². The number of aromatic nitrogens is 3. The predicted octanol–water partition coefficient (Wildman–Crippen LogP) is 3.65. The van der Waals surface area contributed by atoms with E-state index >= 15 is 0 Å². The monoisotopic (exact) mass is 255 g/mol. The van der Waals surface area contributed by atoms with Gasteiger partial charge in [0.15, 0.2) is 0 Å². The van der Waals surface area contributed by atoms with Crippen molar-refractivity contribution < 1.29 is 0 Å². The third-order valence-electron chi connectivity index (χ3n) is 3.18. The van der Waals surface area contributed by atoms with E-state index in [9.17, 15) is 0 Å². The maximum atomic E-state index is 4.62. The van der Waals surface area contributed by atoms with Crippen molar-refractivity contribution in [3.63, 3.8) is 0 Å². The van der Waals surface area contributed by atoms with Gasteiger partial charge in [-0.1, -0.05) is 26.8 Å². The van der Waals surface area contributed by atoms with Gasteiger partial charge in [-0.25, -0.2) is 9.97 Å². The SMILES string of the molecule is Cc1cccc(C(C)Cc2ccnc(C(C)C)n2)n1. The molecule has 0 radical (unpaired) electrons. The van der Waals surface area contributed by atoms with Gasteiger partial charge in [0.1, 0.15) is 5.82 Å². The molecule has 2 aromatic heterocycles. The largest absolute Gasteiger partial charge is 0.258 e. The van der Waals surface area contributed by atoms with Crippen LogP contribution in [0.25, 0.3) is 0 Å². The maximum Gasteiger partial charge on any atom is 0.131 e. The Morgan fingerprint density at radius 1 is 1.05 bits per heavy atom. The molecule has 1 atom stereocenters. The van der Waals surface area contributed by atoms with Crippen molar-refractivity contribution in [2.45, 2.75) is 46.0 Å². The lowest BCUT2D eigenvalue weighted by Gasteiger charge is -2.12. The fraction of sp³-hybridized carbons (Fsp3) is 0.438. The average Bonchev–Trinajstić information content (AvgIpc) is 2.39. The molecule has 0 aliphatic heterocycles. The normalized spacial score (nSPS) is 12.7. The molecule has 19 heavy (non-hydrogen) atoms. The predicted molar refractivity (Wildman–Crippen MR) is 77.2 cm³/mol. The van der Waals surface area contributed by atoms with Crippen LogP contribution in [0.4, 0.5) is 0 Å². The summed E-state index contributed by atoms with van der Waals surface area (Å²) in [7, 11) is 0. The molecule has 0 fully saturated rings. The minimum absolute atomic E-state index is 0.368. The smallest absolute Gasteiger partial charge is 0.131 e. The Hall–Kier alpha value is -1.77. The molecule has 0 aliphatic rings. The summed E-state index contributed by atoms with van der Waals surface area (Å²) in [5, 5.41) is 0. The summed E-state index contributed by atoms with van der Waals surface area (Å²) in [5.74, 6) is 1.66. The first-order chi connectivity index (χ1) is 9.06. The van der Waals surface area contributed by atoms with E-state index in [4.69, 9.17) is 0 Å². The molecule has 0 aliphatic carbocycles. The van der Waals surface area contributed by atoms with Gasteiger partial charge in [0.2, 0.25) is 0 Å². The Labute approximate surface area is 115 Å². The molecule has 3 nitrogen and oxygen atoms in total. The molecule has 0 aromatic carbocycles. The van der Waals surface area contributed by atoms with Crippen LogP contribution in [0.5, 0.6) is 0 Å². The Kier molecular flexibility index (Phi) is 4.25. The first-order valence-corrected chi connectivity index (χ1v) is 6.81. The number of nitrogens with zero attached hydrogens (tertiary/aromatic N) is 3. The zero-order valence-electron chi connectivity index (χ0n) is 12.1. The lowest BCUT2D eigenvalue weighted by atomic mass is 10.0. The summed E-state index contributed by atoms with van der Waals surface area (Å²) in [4.78, 5) is 13.5. The molecule has 0 N–H and O–H groups in total. The molecule has 2 aromatic rings. The Morgan fingerprint density at radius 2 is 1.84 bits per heavy atom. The van der Waals surface area contributed by atoms with Crippen molar-refractivity contribution in [3.05, 3.63) is 53.4 Å². The van der Waals surface area contributed by atoms with Crippen molar-refractivity contribution in [2.75, 3.05) is 0 Å². The zero-order chi connectivity index (χ0) is 13.8. The number of hydrogen-bond donors (Lipinski definition) is 0. The minimum atomic E-state index is 0.368. The van der Waals surface area contributed by atoms with Crippen molar-refractivity contribution in [1.82, 2.24) is 15.0 Å². The third-order valence-corrected chi connectivity index (χ3v) is 3.18. The summed E-state index contributed by atoms with van der Waals surface area (Å²) in [6, 6.07) is 8.17. The van der Waals surface area contributed by atoms with Gasteiger partial charge in [0.25, 0.3) is 0 Å². The standard InChI is InChI=1S/C16H21N3/c1-11(2)16-17-9-8-14(19-16)10-12(3)15-7-5-6-13(4)18-15/h5-9,11-12H,10H2,1-4H3. The molecule has 3 heteroatoms. The topological polar surface area (TPSA) is 38.7 Å². The second-order valence-electron chi connectivity index (χ2n) is 5.37. The molecule has 0 bridgehead atoms. The van der Waals surface area contributed by atoms with Gasteiger partial charge in [-0.05, 0) is 31.5 Å². The summed E-state index contributed by atoms with van der Waals surface area (Å²) in [6.45, 7) is 8.45. The Morgan fingerprint density at radius 3 is 2.53 bits per heavy atom. The number of pyridine rings is 1. The van der Waals surface area contributed by atoms with Gasteiger partial charge in [-0.15, -0.1) is 0 Å². The summed E-state index contributed by atoms with van der Waals surface area (Å²) in [6.07, 6.45) is 2.76. The molecular weight excluding hydrogens is 234 g/mol. The highest BCUT2D eigenvalue weighted by atomic mass is 14.9. The minimum Gasteiger partial charge on any atom is -0.258 e. The molecule has 1 unspecified atom stereocenters. The molecule has 100 valence electrons. The summed E-state index contributed by atoms with van der Waals surface area (Å²) in [5.41, 5.74) is 3.29. The van der Waals surface area contributed by atoms with E-state index < -0.39 is 0 Å². The van der Waals surface area contributed by atoms with E-state index in [-0.39, 0.29) is 0 Å². The van der Waals surface area contributed by atoms with Crippen molar-refractivity contribution >= 4 is 0 Å². The highest BCUT2D eigenvalue weighted by Gasteiger charge is 2.11. The number of aryl methyl sites for hydroxylation is 1. The van der Waals surface area contributed by atoms with Crippen molar-refractivity contribution in [1.29, 1.82) is 0 Å². The Balaban J connectivity index is 2.14. The quantitative estimate of drug-likeness (QED) is 0.837. The molecular formula is C16H21N3. The van der Waals surface area contributed by atoms with Gasteiger partial charge in [0, 0.05) is 35.1 Å². The molecule has 0 spiro atoms. The van der Waals surface area contributed by atoms with Crippen LogP contribution in [0.15, 0.2) is 30.5 Å². The molecule has 0 saturated heterocycles. The highest BCUT2D eigenvalue weighted by molar-refractivity contribution is 5.16. The maximum absolute atomic E-state index is 4.62. The van der Waals surface area contributed by atoms with Crippen LogP contribution < -0.4 is 0 Å². The van der Waals surface area contributed by atoms with Gasteiger partial charge < -0.3 is 0 Å². The van der Waals surface area contributed by atoms with Crippen LogP contribution in [0.2, 0.25) is 0 Å². The van der Waals surface area contributed by atoms with E-state index in [0.29, 0.717) is 11.8 Å². The van der Waals surface area contributed by atoms with E-state index in [2.05, 4.69) is 47.9 Å². The molecule has 0 saturated carbocycles. The van der Waals surface area contributed by atoms with Crippen LogP contribution in [-0.2, 0) is 6.42 Å². The summed E-state index contributed by atoms with van der Waals surface area (Å²) < 4.78 is 0. The van der Waals surface area contributed by atoms with Crippen molar-refractivity contribution in [3.8, 4) is 0 Å². The molecule has 2 rings (SSSR count). The van der Waals surface area contributed by atoms with Crippen LogP contribution in [0.3, 0.4) is 0 Å². The van der Waals surface area contributed by atoms with Gasteiger partial charge in [-0.3, -0.25) is 4.98 Å². The van der Waals surface area contributed by atoms with Gasteiger partial charge in [-0.2, -0.15) is 0 Å². The van der Waals surface area contributed by atoms with Crippen LogP contribution in [0, 0.1) is 6.92 Å². The number of hydrogen-bond acceptors (Lipinski definition) is 3. The van der Waals surface area contributed by atoms with Crippen LogP contribution in [-0.4, -0.2) is 15.0 Å². The average molecular weight is 255 g/mol. The molecule has 0 amide bonds. The Bertz CT molecular complexity index is 549.